The molecule has 1 aromatic carbocycles. The van der Waals surface area contributed by atoms with Crippen LogP contribution in [0.5, 0.6) is 0 Å². The smallest absolute Gasteiger partial charge is 0.225 e. The third kappa shape index (κ3) is 4.08. The molecule has 1 rings (SSSR count). The van der Waals surface area contributed by atoms with Gasteiger partial charge < -0.3 is 15.5 Å². The second-order valence-corrected chi connectivity index (χ2v) is 5.22. The lowest BCUT2D eigenvalue weighted by Gasteiger charge is -2.29. The van der Waals surface area contributed by atoms with Crippen molar-refractivity contribution in [2.45, 2.75) is 25.3 Å². The van der Waals surface area contributed by atoms with Crippen molar-refractivity contribution in [2.24, 2.45) is 0 Å². The highest BCUT2D eigenvalue weighted by molar-refractivity contribution is 9.10. The van der Waals surface area contributed by atoms with Crippen LogP contribution in [0.3, 0.4) is 0 Å². The van der Waals surface area contributed by atoms with E-state index >= 15 is 0 Å². The van der Waals surface area contributed by atoms with Crippen LogP contribution in [0.1, 0.15) is 18.9 Å². The summed E-state index contributed by atoms with van der Waals surface area (Å²) in [5, 5.41) is 21.2. The topological polar surface area (TPSA) is 69.6 Å². The van der Waals surface area contributed by atoms with Crippen LogP contribution in [0.4, 0.5) is 0 Å². The van der Waals surface area contributed by atoms with Gasteiger partial charge in [0.2, 0.25) is 5.91 Å². The molecule has 0 bridgehead atoms. The Balaban J connectivity index is 2.63. The monoisotopic (exact) mass is 315 g/mol. The molecule has 0 aliphatic carbocycles. The molecule has 4 nitrogen and oxygen atoms in total. The van der Waals surface area contributed by atoms with E-state index < -0.39 is 5.54 Å². The Hall–Kier alpha value is -0.910. The first-order valence-electron chi connectivity index (χ1n) is 5.82. The molecule has 0 radical (unpaired) electrons. The summed E-state index contributed by atoms with van der Waals surface area (Å²) in [5.74, 6) is -0.206. The number of carbonyl (C=O) groups is 1. The van der Waals surface area contributed by atoms with Gasteiger partial charge in [-0.3, -0.25) is 4.79 Å². The van der Waals surface area contributed by atoms with Gasteiger partial charge in [-0.25, -0.2) is 0 Å². The first kappa shape index (κ1) is 15.1. The number of hydrogen-bond donors (Lipinski definition) is 3. The van der Waals surface area contributed by atoms with E-state index in [1.807, 2.05) is 31.2 Å². The SMILES string of the molecule is CCC(CO)(CO)NC(=O)Cc1ccc(Br)cc1. The molecule has 0 fully saturated rings. The van der Waals surface area contributed by atoms with E-state index in [1.54, 1.807) is 0 Å². The van der Waals surface area contributed by atoms with Crippen molar-refractivity contribution < 1.29 is 15.0 Å². The Labute approximate surface area is 115 Å². The number of hydrogen-bond acceptors (Lipinski definition) is 3. The minimum Gasteiger partial charge on any atom is -0.394 e. The van der Waals surface area contributed by atoms with Crippen LogP contribution in [0.25, 0.3) is 0 Å². The van der Waals surface area contributed by atoms with Gasteiger partial charge >= 0.3 is 0 Å². The molecule has 0 aliphatic heterocycles. The van der Waals surface area contributed by atoms with E-state index in [2.05, 4.69) is 21.2 Å². The molecular formula is C13H18BrNO3. The fourth-order valence-electron chi connectivity index (χ4n) is 1.57. The van der Waals surface area contributed by atoms with Crippen molar-refractivity contribution in [2.75, 3.05) is 13.2 Å². The summed E-state index contributed by atoms with van der Waals surface area (Å²) in [4.78, 5) is 11.8. The van der Waals surface area contributed by atoms with Gasteiger partial charge in [-0.1, -0.05) is 35.0 Å². The third-order valence-electron chi connectivity index (χ3n) is 2.96. The average Bonchev–Trinajstić information content (AvgIpc) is 2.39. The number of rotatable bonds is 6. The first-order valence-corrected chi connectivity index (χ1v) is 6.61. The predicted octanol–water partition coefficient (Wildman–Crippen LogP) is 1.24. The molecule has 0 heterocycles. The molecule has 0 saturated heterocycles. The molecule has 0 saturated carbocycles. The maximum Gasteiger partial charge on any atom is 0.225 e. The number of aliphatic hydroxyl groups excluding tert-OH is 2. The molecule has 18 heavy (non-hydrogen) atoms. The van der Waals surface area contributed by atoms with Gasteiger partial charge in [-0.05, 0) is 24.1 Å². The minimum absolute atomic E-state index is 0.206. The number of halogens is 1. The van der Waals surface area contributed by atoms with Crippen LogP contribution in [0.15, 0.2) is 28.7 Å². The predicted molar refractivity (Wildman–Crippen MR) is 73.2 cm³/mol. The number of amides is 1. The Morgan fingerprint density at radius 1 is 1.28 bits per heavy atom. The Bertz CT molecular complexity index is 379. The van der Waals surface area contributed by atoms with E-state index in [0.717, 1.165) is 10.0 Å². The van der Waals surface area contributed by atoms with E-state index in [-0.39, 0.29) is 25.5 Å². The van der Waals surface area contributed by atoms with E-state index in [1.165, 1.54) is 0 Å². The molecule has 0 atom stereocenters. The van der Waals surface area contributed by atoms with Crippen molar-refractivity contribution in [1.82, 2.24) is 5.32 Å². The molecule has 1 amide bonds. The fourth-order valence-corrected chi connectivity index (χ4v) is 1.83. The summed E-state index contributed by atoms with van der Waals surface area (Å²) >= 11 is 3.33. The summed E-state index contributed by atoms with van der Waals surface area (Å²) in [6.07, 6.45) is 0.709. The van der Waals surface area contributed by atoms with Gasteiger partial charge in [0.05, 0.1) is 25.2 Å². The average molecular weight is 316 g/mol. The van der Waals surface area contributed by atoms with Crippen LogP contribution in [-0.2, 0) is 11.2 Å². The van der Waals surface area contributed by atoms with E-state index in [0.29, 0.717) is 6.42 Å². The van der Waals surface area contributed by atoms with Crippen LogP contribution in [0.2, 0.25) is 0 Å². The summed E-state index contributed by atoms with van der Waals surface area (Å²) < 4.78 is 0.959. The first-order chi connectivity index (χ1) is 8.55. The Kier molecular flexibility index (Phi) is 5.78. The van der Waals surface area contributed by atoms with Crippen molar-refractivity contribution in [3.63, 3.8) is 0 Å². The normalized spacial score (nSPS) is 11.3. The van der Waals surface area contributed by atoms with Crippen LogP contribution in [0, 0.1) is 0 Å². The summed E-state index contributed by atoms with van der Waals surface area (Å²) in [5.41, 5.74) is -0.0384. The molecular weight excluding hydrogens is 298 g/mol. The fraction of sp³-hybridized carbons (Fsp3) is 0.462. The van der Waals surface area contributed by atoms with Gasteiger partial charge in [-0.2, -0.15) is 0 Å². The molecule has 5 heteroatoms. The molecule has 3 N–H and O–H groups in total. The zero-order valence-corrected chi connectivity index (χ0v) is 11.9. The number of aliphatic hydroxyl groups is 2. The summed E-state index contributed by atoms with van der Waals surface area (Å²) in [6, 6.07) is 7.45. The number of nitrogens with one attached hydrogen (secondary N) is 1. The third-order valence-corrected chi connectivity index (χ3v) is 3.49. The van der Waals surface area contributed by atoms with Gasteiger partial charge in [-0.15, -0.1) is 0 Å². The van der Waals surface area contributed by atoms with Gasteiger partial charge in [0, 0.05) is 4.47 Å². The quantitative estimate of drug-likeness (QED) is 0.740. The summed E-state index contributed by atoms with van der Waals surface area (Å²) in [7, 11) is 0. The molecule has 0 spiro atoms. The van der Waals surface area contributed by atoms with Crippen molar-refractivity contribution in [1.29, 1.82) is 0 Å². The van der Waals surface area contributed by atoms with Crippen molar-refractivity contribution in [3.8, 4) is 0 Å². The molecule has 0 aromatic heterocycles. The minimum atomic E-state index is -0.924. The zero-order chi connectivity index (χ0) is 13.6. The van der Waals surface area contributed by atoms with Crippen LogP contribution >= 0.6 is 15.9 Å². The highest BCUT2D eigenvalue weighted by atomic mass is 79.9. The maximum absolute atomic E-state index is 11.8. The van der Waals surface area contributed by atoms with E-state index in [9.17, 15) is 15.0 Å². The van der Waals surface area contributed by atoms with Gasteiger partial charge in [0.15, 0.2) is 0 Å². The Morgan fingerprint density at radius 2 is 1.83 bits per heavy atom. The van der Waals surface area contributed by atoms with Gasteiger partial charge in [0.1, 0.15) is 0 Å². The second kappa shape index (κ2) is 6.87. The standard InChI is InChI=1S/C13H18BrNO3/c1-2-13(8-16,9-17)15-12(18)7-10-3-5-11(14)6-4-10/h3-6,16-17H,2,7-9H2,1H3,(H,15,18). The van der Waals surface area contributed by atoms with Crippen molar-refractivity contribution in [3.05, 3.63) is 34.3 Å². The lowest BCUT2D eigenvalue weighted by atomic mass is 9.98. The highest BCUT2D eigenvalue weighted by Gasteiger charge is 2.28. The lowest BCUT2D eigenvalue weighted by Crippen LogP contribution is -2.54. The molecule has 1 aromatic rings. The Morgan fingerprint density at radius 3 is 2.28 bits per heavy atom. The number of carbonyl (C=O) groups excluding carboxylic acids is 1. The zero-order valence-electron chi connectivity index (χ0n) is 10.3. The lowest BCUT2D eigenvalue weighted by molar-refractivity contribution is -0.123. The molecule has 0 unspecified atom stereocenters. The molecule has 100 valence electrons. The van der Waals surface area contributed by atoms with Crippen LogP contribution in [-0.4, -0.2) is 34.9 Å². The van der Waals surface area contributed by atoms with Crippen LogP contribution < -0.4 is 5.32 Å². The largest absolute Gasteiger partial charge is 0.394 e. The summed E-state index contributed by atoms with van der Waals surface area (Å²) in [6.45, 7) is 1.27. The maximum atomic E-state index is 11.8. The van der Waals surface area contributed by atoms with Crippen molar-refractivity contribution >= 4 is 21.8 Å². The van der Waals surface area contributed by atoms with E-state index in [4.69, 9.17) is 0 Å². The highest BCUT2D eigenvalue weighted by Crippen LogP contribution is 2.12. The second-order valence-electron chi connectivity index (χ2n) is 4.30. The number of benzene rings is 1. The van der Waals surface area contributed by atoms with Gasteiger partial charge in [0.25, 0.3) is 0 Å². The molecule has 0 aliphatic rings.